The van der Waals surface area contributed by atoms with E-state index >= 15 is 4.39 Å². The Morgan fingerprint density at radius 1 is 1.16 bits per heavy atom. The van der Waals surface area contributed by atoms with Crippen molar-refractivity contribution in [2.75, 3.05) is 17.8 Å². The van der Waals surface area contributed by atoms with Crippen molar-refractivity contribution in [3.8, 4) is 17.3 Å². The number of hydrogen-bond donors (Lipinski definition) is 2. The number of likely N-dealkylation sites (tertiary alicyclic amines) is 1. The van der Waals surface area contributed by atoms with Crippen LogP contribution in [0.2, 0.25) is 0 Å². The first-order valence-electron chi connectivity index (χ1n) is 12.1. The van der Waals surface area contributed by atoms with E-state index in [1.165, 1.54) is 24.4 Å². The van der Waals surface area contributed by atoms with E-state index in [4.69, 9.17) is 4.74 Å². The van der Waals surface area contributed by atoms with Crippen molar-refractivity contribution in [1.29, 1.82) is 0 Å². The van der Waals surface area contributed by atoms with Crippen LogP contribution in [0.3, 0.4) is 0 Å². The number of sulfonamides is 1. The predicted octanol–water partition coefficient (Wildman–Crippen LogP) is 3.91. The Bertz CT molecular complexity index is 1520. The first-order chi connectivity index (χ1) is 17.7. The highest BCUT2D eigenvalue weighted by atomic mass is 32.2. The number of anilines is 1. The van der Waals surface area contributed by atoms with Gasteiger partial charge in [0.2, 0.25) is 5.88 Å². The second-order valence-electron chi connectivity index (χ2n) is 9.30. The summed E-state index contributed by atoms with van der Waals surface area (Å²) in [5, 5.41) is 7.62. The fraction of sp³-hybridized carbons (Fsp3) is 0.360. The number of aromatic nitrogens is 5. The number of benzene rings is 1. The maximum Gasteiger partial charge on any atom is 0.279 e. The van der Waals surface area contributed by atoms with Gasteiger partial charge in [0.15, 0.2) is 16.5 Å². The number of fused-ring (bicyclic) bond motifs is 1. The lowest BCUT2D eigenvalue weighted by Gasteiger charge is -2.34. The van der Waals surface area contributed by atoms with Gasteiger partial charge >= 0.3 is 0 Å². The summed E-state index contributed by atoms with van der Waals surface area (Å²) in [6.45, 7) is 8.09. The molecule has 0 amide bonds. The predicted molar refractivity (Wildman–Crippen MR) is 137 cm³/mol. The molecule has 4 aromatic rings. The van der Waals surface area contributed by atoms with E-state index in [1.807, 2.05) is 6.92 Å². The summed E-state index contributed by atoms with van der Waals surface area (Å²) in [7, 11) is -4.04. The molecule has 1 saturated heterocycles. The van der Waals surface area contributed by atoms with E-state index in [0.717, 1.165) is 25.9 Å². The fourth-order valence-electron chi connectivity index (χ4n) is 4.36. The zero-order valence-electron chi connectivity index (χ0n) is 20.8. The molecule has 3 aromatic heterocycles. The zero-order chi connectivity index (χ0) is 26.2. The monoisotopic (exact) mass is 525 g/mol. The maximum absolute atomic E-state index is 15.0. The van der Waals surface area contributed by atoms with Crippen molar-refractivity contribution in [2.45, 2.75) is 50.8 Å². The van der Waals surface area contributed by atoms with Gasteiger partial charge in [-0.25, -0.2) is 14.4 Å². The lowest BCUT2D eigenvalue weighted by Crippen LogP contribution is -2.41. The number of hydrogen-bond acceptors (Lipinski definition) is 8. The summed E-state index contributed by atoms with van der Waals surface area (Å²) in [6.07, 6.45) is 3.09. The van der Waals surface area contributed by atoms with E-state index in [1.54, 1.807) is 18.2 Å². The zero-order valence-corrected chi connectivity index (χ0v) is 21.6. The smallest absolute Gasteiger partial charge is 0.279 e. The number of pyridine rings is 1. The molecule has 37 heavy (non-hydrogen) atoms. The Balaban J connectivity index is 1.42. The minimum atomic E-state index is -4.04. The first kappa shape index (κ1) is 25.0. The summed E-state index contributed by atoms with van der Waals surface area (Å²) in [6, 6.07) is 9.02. The Kier molecular flexibility index (Phi) is 6.78. The molecule has 0 bridgehead atoms. The van der Waals surface area contributed by atoms with Crippen LogP contribution in [0.25, 0.3) is 22.4 Å². The number of nitrogens with one attached hydrogen (secondary N) is 2. The molecule has 10 nitrogen and oxygen atoms in total. The van der Waals surface area contributed by atoms with Crippen molar-refractivity contribution in [3.05, 3.63) is 54.1 Å². The Morgan fingerprint density at radius 3 is 2.62 bits per heavy atom. The van der Waals surface area contributed by atoms with E-state index in [0.29, 0.717) is 34.2 Å². The van der Waals surface area contributed by atoms with E-state index < -0.39 is 15.8 Å². The van der Waals surface area contributed by atoms with Crippen molar-refractivity contribution >= 4 is 26.7 Å². The summed E-state index contributed by atoms with van der Waals surface area (Å²) in [4.78, 5) is 15.4. The van der Waals surface area contributed by atoms with Crippen molar-refractivity contribution < 1.29 is 17.5 Å². The summed E-state index contributed by atoms with van der Waals surface area (Å²) < 4.78 is 48.7. The highest BCUT2D eigenvalue weighted by Gasteiger charge is 2.25. The van der Waals surface area contributed by atoms with Gasteiger partial charge in [-0.1, -0.05) is 6.07 Å². The maximum atomic E-state index is 15.0. The number of rotatable bonds is 7. The van der Waals surface area contributed by atoms with Gasteiger partial charge in [-0.15, -0.1) is 0 Å². The van der Waals surface area contributed by atoms with Gasteiger partial charge < -0.3 is 9.64 Å². The molecule has 0 spiro atoms. The van der Waals surface area contributed by atoms with Crippen LogP contribution >= 0.6 is 0 Å². The summed E-state index contributed by atoms with van der Waals surface area (Å²) in [5.74, 6) is -0.136. The molecular weight excluding hydrogens is 497 g/mol. The van der Waals surface area contributed by atoms with Crippen molar-refractivity contribution in [3.63, 3.8) is 0 Å². The van der Waals surface area contributed by atoms with Crippen LogP contribution in [0.1, 0.15) is 32.4 Å². The minimum absolute atomic E-state index is 0.00429. The van der Waals surface area contributed by atoms with Crippen LogP contribution in [0.15, 0.2) is 47.6 Å². The third-order valence-corrected chi connectivity index (χ3v) is 7.72. The number of aryl methyl sites for hydroxylation is 1. The number of nitrogens with zero attached hydrogens (tertiary/aromatic N) is 5. The van der Waals surface area contributed by atoms with Crippen LogP contribution in [-0.4, -0.2) is 63.7 Å². The largest absolute Gasteiger partial charge is 0.474 e. The van der Waals surface area contributed by atoms with Gasteiger partial charge in [0, 0.05) is 30.9 Å². The molecule has 194 valence electrons. The number of ether oxygens (including phenoxy) is 1. The van der Waals surface area contributed by atoms with E-state index in [2.05, 4.69) is 48.6 Å². The average molecular weight is 526 g/mol. The molecular formula is C25H28FN7O3S. The molecule has 0 aliphatic carbocycles. The van der Waals surface area contributed by atoms with Gasteiger partial charge in [-0.3, -0.25) is 9.82 Å². The highest BCUT2D eigenvalue weighted by molar-refractivity contribution is 7.92. The van der Waals surface area contributed by atoms with Crippen LogP contribution in [0.5, 0.6) is 5.88 Å². The van der Waals surface area contributed by atoms with Gasteiger partial charge in [0.05, 0.1) is 11.4 Å². The van der Waals surface area contributed by atoms with Crippen LogP contribution in [0.4, 0.5) is 10.1 Å². The lowest BCUT2D eigenvalue weighted by atomic mass is 10.1. The molecule has 5 rings (SSSR count). The summed E-state index contributed by atoms with van der Waals surface area (Å²) in [5.41, 5.74) is 1.35. The Labute approximate surface area is 214 Å². The number of aromatic amines is 1. The molecule has 4 heterocycles. The SMILES string of the molecule is Cc1n[nH]c2nc(-c3ccc(NS(=O)(=O)c4ccccn4)c(F)c3)nc(OC3CCN(C(C)C)CC3)c12. The van der Waals surface area contributed by atoms with Gasteiger partial charge in [-0.05, 0) is 63.9 Å². The molecule has 12 heteroatoms. The molecule has 0 radical (unpaired) electrons. The lowest BCUT2D eigenvalue weighted by molar-refractivity contribution is 0.0824. The van der Waals surface area contributed by atoms with Gasteiger partial charge in [0.25, 0.3) is 10.0 Å². The first-order valence-corrected chi connectivity index (χ1v) is 13.6. The highest BCUT2D eigenvalue weighted by Crippen LogP contribution is 2.31. The second-order valence-corrected chi connectivity index (χ2v) is 10.9. The fourth-order valence-corrected chi connectivity index (χ4v) is 5.38. The molecule has 1 aliphatic rings. The molecule has 1 fully saturated rings. The quantitative estimate of drug-likeness (QED) is 0.372. The number of halogens is 1. The molecule has 0 saturated carbocycles. The van der Waals surface area contributed by atoms with Crippen LogP contribution < -0.4 is 9.46 Å². The number of H-pyrrole nitrogens is 1. The topological polar surface area (TPSA) is 126 Å². The molecule has 1 aromatic carbocycles. The second kappa shape index (κ2) is 10.0. The van der Waals surface area contributed by atoms with E-state index in [-0.39, 0.29) is 22.6 Å². The van der Waals surface area contributed by atoms with Crippen molar-refractivity contribution in [2.24, 2.45) is 0 Å². The molecule has 0 unspecified atom stereocenters. The van der Waals surface area contributed by atoms with Gasteiger partial charge in [0.1, 0.15) is 17.3 Å². The summed E-state index contributed by atoms with van der Waals surface area (Å²) >= 11 is 0. The molecule has 1 aliphatic heterocycles. The minimum Gasteiger partial charge on any atom is -0.474 e. The molecule has 0 atom stereocenters. The average Bonchev–Trinajstić information content (AvgIpc) is 3.27. The number of piperidine rings is 1. The normalized spacial score (nSPS) is 15.4. The van der Waals surface area contributed by atoms with Gasteiger partial charge in [-0.2, -0.15) is 18.5 Å². The standard InChI is InChI=1S/C25H28FN7O3S/c1-15(2)33-12-9-18(10-13-33)36-25-22-16(3)30-31-24(22)28-23(29-25)17-7-8-20(19(26)14-17)32-37(34,35)21-6-4-5-11-27-21/h4-8,11,14-15,18,32H,9-10,12-13H2,1-3H3,(H,28,29,30,31). The third-order valence-electron chi connectivity index (χ3n) is 6.44. The van der Waals surface area contributed by atoms with Crippen LogP contribution in [-0.2, 0) is 10.0 Å². The van der Waals surface area contributed by atoms with E-state index in [9.17, 15) is 8.42 Å². The van der Waals surface area contributed by atoms with Crippen LogP contribution in [0, 0.1) is 12.7 Å². The third kappa shape index (κ3) is 5.25. The Morgan fingerprint density at radius 2 is 1.95 bits per heavy atom. The molecule has 2 N–H and O–H groups in total. The Hall–Kier alpha value is -3.64. The van der Waals surface area contributed by atoms with Crippen molar-refractivity contribution in [1.82, 2.24) is 30.0 Å².